The molecule has 0 aliphatic rings. The van der Waals surface area contributed by atoms with Crippen molar-refractivity contribution < 1.29 is 4.79 Å². The topological polar surface area (TPSA) is 65.8 Å². The molecule has 108 valence electrons. The Morgan fingerprint density at radius 2 is 2.29 bits per heavy atom. The molecule has 0 aliphatic carbocycles. The van der Waals surface area contributed by atoms with Crippen molar-refractivity contribution >= 4 is 34.1 Å². The normalized spacial score (nSPS) is 10.1. The van der Waals surface area contributed by atoms with Crippen molar-refractivity contribution in [2.75, 3.05) is 16.8 Å². The number of aryl methyl sites for hydroxylation is 2. The van der Waals surface area contributed by atoms with Gasteiger partial charge in [0.15, 0.2) is 5.13 Å². The van der Waals surface area contributed by atoms with E-state index < -0.39 is 0 Å². The molecule has 0 bridgehead atoms. The minimum atomic E-state index is -0.128. The minimum Gasteiger partial charge on any atom is -0.301 e. The zero-order valence-electron chi connectivity index (χ0n) is 11.8. The Kier molecular flexibility index (Phi) is 5.37. The van der Waals surface area contributed by atoms with Crippen LogP contribution in [0.15, 0.2) is 23.6 Å². The quantitative estimate of drug-likeness (QED) is 0.855. The highest BCUT2D eigenvalue weighted by atomic mass is 32.2. The smallest absolute Gasteiger partial charge is 0.236 e. The third-order valence-electron chi connectivity index (χ3n) is 2.82. The van der Waals surface area contributed by atoms with Crippen molar-refractivity contribution in [2.45, 2.75) is 13.8 Å². The fraction of sp³-hybridized carbons (Fsp3) is 0.267. The maximum Gasteiger partial charge on any atom is 0.236 e. The second kappa shape index (κ2) is 7.25. The molecule has 0 fully saturated rings. The first kappa shape index (κ1) is 15.5. The Morgan fingerprint density at radius 3 is 3.05 bits per heavy atom. The lowest BCUT2D eigenvalue weighted by Crippen LogP contribution is -2.14. The number of nitrogens with one attached hydrogen (secondary N) is 1. The van der Waals surface area contributed by atoms with Gasteiger partial charge in [0, 0.05) is 10.9 Å². The van der Waals surface area contributed by atoms with E-state index in [1.165, 1.54) is 28.7 Å². The van der Waals surface area contributed by atoms with Crippen LogP contribution in [0.4, 0.5) is 5.13 Å². The Labute approximate surface area is 132 Å². The summed E-state index contributed by atoms with van der Waals surface area (Å²) in [4.78, 5) is 16.1. The number of rotatable bonds is 5. The van der Waals surface area contributed by atoms with Gasteiger partial charge in [-0.3, -0.25) is 4.79 Å². The van der Waals surface area contributed by atoms with Gasteiger partial charge in [-0.1, -0.05) is 17.7 Å². The molecule has 0 saturated heterocycles. The van der Waals surface area contributed by atoms with Crippen molar-refractivity contribution in [1.29, 1.82) is 5.26 Å². The number of anilines is 1. The van der Waals surface area contributed by atoms with Crippen molar-refractivity contribution in [3.8, 4) is 17.3 Å². The summed E-state index contributed by atoms with van der Waals surface area (Å²) in [5, 5.41) is 13.7. The molecule has 6 heteroatoms. The molecule has 0 spiro atoms. The number of hydrogen-bond donors (Lipinski definition) is 1. The standard InChI is InChI=1S/C15H15N3OS2/c1-10-3-4-11(2)12(7-10)13-8-21-15(17-13)18-14(19)9-20-6-5-16/h3-4,7-8H,6,9H2,1-2H3,(H,17,18,19). The van der Waals surface area contributed by atoms with Crippen LogP contribution in [0, 0.1) is 25.2 Å². The van der Waals surface area contributed by atoms with Crippen molar-refractivity contribution in [1.82, 2.24) is 4.98 Å². The van der Waals surface area contributed by atoms with Crippen molar-refractivity contribution in [3.05, 3.63) is 34.7 Å². The third-order valence-corrected chi connectivity index (χ3v) is 4.38. The summed E-state index contributed by atoms with van der Waals surface area (Å²) >= 11 is 2.70. The van der Waals surface area contributed by atoms with Gasteiger partial charge in [0.1, 0.15) is 0 Å². The number of thioether (sulfide) groups is 1. The highest BCUT2D eigenvalue weighted by molar-refractivity contribution is 8.00. The summed E-state index contributed by atoms with van der Waals surface area (Å²) in [6.07, 6.45) is 0. The van der Waals surface area contributed by atoms with Gasteiger partial charge in [0.05, 0.1) is 23.3 Å². The van der Waals surface area contributed by atoms with Gasteiger partial charge >= 0.3 is 0 Å². The fourth-order valence-electron chi connectivity index (χ4n) is 1.81. The van der Waals surface area contributed by atoms with Gasteiger partial charge in [0.2, 0.25) is 5.91 Å². The number of nitrogens with zero attached hydrogens (tertiary/aromatic N) is 2. The van der Waals surface area contributed by atoms with Crippen LogP contribution in [0.2, 0.25) is 0 Å². The van der Waals surface area contributed by atoms with Crippen LogP contribution in [0.5, 0.6) is 0 Å². The number of amides is 1. The summed E-state index contributed by atoms with van der Waals surface area (Å²) < 4.78 is 0. The molecule has 2 aromatic rings. The molecular formula is C15H15N3OS2. The highest BCUT2D eigenvalue weighted by Crippen LogP contribution is 2.28. The van der Waals surface area contributed by atoms with Crippen molar-refractivity contribution in [3.63, 3.8) is 0 Å². The average Bonchev–Trinajstić information content (AvgIpc) is 2.90. The van der Waals surface area contributed by atoms with Gasteiger partial charge < -0.3 is 5.32 Å². The molecule has 2 rings (SSSR count). The van der Waals surface area contributed by atoms with E-state index in [0.717, 1.165) is 16.8 Å². The van der Waals surface area contributed by atoms with Crippen LogP contribution in [0.25, 0.3) is 11.3 Å². The minimum absolute atomic E-state index is 0.128. The lowest BCUT2D eigenvalue weighted by molar-refractivity contribution is -0.113. The van der Waals surface area contributed by atoms with Crippen LogP contribution in [-0.2, 0) is 4.79 Å². The molecule has 4 nitrogen and oxygen atoms in total. The largest absolute Gasteiger partial charge is 0.301 e. The fourth-order valence-corrected chi connectivity index (χ4v) is 2.99. The van der Waals surface area contributed by atoms with Gasteiger partial charge in [0.25, 0.3) is 0 Å². The molecule has 1 amide bonds. The molecule has 21 heavy (non-hydrogen) atoms. The third kappa shape index (κ3) is 4.31. The van der Waals surface area contributed by atoms with Crippen LogP contribution >= 0.6 is 23.1 Å². The Hall–Kier alpha value is -1.84. The molecule has 0 atom stereocenters. The molecule has 0 radical (unpaired) electrons. The maximum absolute atomic E-state index is 11.7. The summed E-state index contributed by atoms with van der Waals surface area (Å²) in [6, 6.07) is 8.23. The summed E-state index contributed by atoms with van der Waals surface area (Å²) in [6.45, 7) is 4.09. The lowest BCUT2D eigenvalue weighted by atomic mass is 10.0. The number of aromatic nitrogens is 1. The molecule has 1 heterocycles. The first-order valence-corrected chi connectivity index (χ1v) is 8.41. The number of hydrogen-bond acceptors (Lipinski definition) is 5. The first-order chi connectivity index (χ1) is 10.1. The van der Waals surface area contributed by atoms with Crippen LogP contribution in [0.3, 0.4) is 0 Å². The van der Waals surface area contributed by atoms with Gasteiger partial charge in [-0.2, -0.15) is 5.26 Å². The number of thiazole rings is 1. The van der Waals surface area contributed by atoms with Crippen LogP contribution in [-0.4, -0.2) is 22.4 Å². The Morgan fingerprint density at radius 1 is 1.48 bits per heavy atom. The molecular weight excluding hydrogens is 302 g/mol. The highest BCUT2D eigenvalue weighted by Gasteiger charge is 2.10. The summed E-state index contributed by atoms with van der Waals surface area (Å²) in [5.41, 5.74) is 4.31. The van der Waals surface area contributed by atoms with E-state index in [0.29, 0.717) is 10.9 Å². The zero-order chi connectivity index (χ0) is 15.2. The first-order valence-electron chi connectivity index (χ1n) is 6.38. The van der Waals surface area contributed by atoms with E-state index in [9.17, 15) is 4.79 Å². The molecule has 1 aromatic heterocycles. The molecule has 1 aromatic carbocycles. The Balaban J connectivity index is 2.06. The number of carbonyl (C=O) groups is 1. The number of carbonyl (C=O) groups excluding carboxylic acids is 1. The van der Waals surface area contributed by atoms with Crippen LogP contribution in [0.1, 0.15) is 11.1 Å². The van der Waals surface area contributed by atoms with Crippen LogP contribution < -0.4 is 5.32 Å². The van der Waals surface area contributed by atoms with E-state index in [2.05, 4.69) is 28.5 Å². The van der Waals surface area contributed by atoms with E-state index in [4.69, 9.17) is 5.26 Å². The molecule has 0 aliphatic heterocycles. The van der Waals surface area contributed by atoms with Gasteiger partial charge in [-0.25, -0.2) is 4.98 Å². The van der Waals surface area contributed by atoms with E-state index in [1.54, 1.807) is 0 Å². The second-order valence-corrected chi connectivity index (χ2v) is 6.40. The van der Waals surface area contributed by atoms with Gasteiger partial charge in [-0.15, -0.1) is 23.1 Å². The maximum atomic E-state index is 11.7. The van der Waals surface area contributed by atoms with Crippen molar-refractivity contribution in [2.24, 2.45) is 0 Å². The Bertz CT molecular complexity index is 688. The second-order valence-electron chi connectivity index (χ2n) is 4.56. The number of nitriles is 1. The van der Waals surface area contributed by atoms with E-state index in [-0.39, 0.29) is 11.7 Å². The van der Waals surface area contributed by atoms with Gasteiger partial charge in [-0.05, 0) is 25.5 Å². The predicted molar refractivity (Wildman–Crippen MR) is 88.6 cm³/mol. The molecule has 0 saturated carbocycles. The molecule has 0 unspecified atom stereocenters. The predicted octanol–water partition coefficient (Wildman–Crippen LogP) is 3.62. The number of benzene rings is 1. The average molecular weight is 317 g/mol. The summed E-state index contributed by atoms with van der Waals surface area (Å²) in [5.74, 6) is 0.461. The SMILES string of the molecule is Cc1ccc(C)c(-c2csc(NC(=O)CSCC#N)n2)c1. The lowest BCUT2D eigenvalue weighted by Gasteiger charge is -2.04. The summed E-state index contributed by atoms with van der Waals surface area (Å²) in [7, 11) is 0. The zero-order valence-corrected chi connectivity index (χ0v) is 13.5. The monoisotopic (exact) mass is 317 g/mol. The molecule has 1 N–H and O–H groups in total. The van der Waals surface area contributed by atoms with E-state index >= 15 is 0 Å². The van der Waals surface area contributed by atoms with E-state index in [1.807, 2.05) is 25.3 Å².